The minimum absolute atomic E-state index is 0.721. The van der Waals surface area contributed by atoms with E-state index in [4.69, 9.17) is 5.26 Å². The maximum absolute atomic E-state index is 8.84. The number of benzene rings is 1. The Morgan fingerprint density at radius 3 is 2.11 bits per heavy atom. The van der Waals surface area contributed by atoms with Crippen molar-refractivity contribution < 1.29 is 0 Å². The quantitative estimate of drug-likeness (QED) is 0.719. The topological polar surface area (TPSA) is 23.8 Å². The number of nitriles is 1. The van der Waals surface area contributed by atoms with Crippen LogP contribution in [0.3, 0.4) is 0 Å². The summed E-state index contributed by atoms with van der Waals surface area (Å²) in [7, 11) is 0. The molecule has 1 saturated carbocycles. The monoisotopic (exact) mass is 255 g/mol. The van der Waals surface area contributed by atoms with Crippen LogP contribution in [0.1, 0.15) is 69.4 Å². The molecule has 1 heteroatoms. The van der Waals surface area contributed by atoms with E-state index in [1.54, 1.807) is 0 Å². The average molecular weight is 255 g/mol. The van der Waals surface area contributed by atoms with E-state index >= 15 is 0 Å². The summed E-state index contributed by atoms with van der Waals surface area (Å²) in [6.07, 6.45) is 8.10. The van der Waals surface area contributed by atoms with Crippen molar-refractivity contribution in [1.29, 1.82) is 5.26 Å². The first-order valence-electron chi connectivity index (χ1n) is 7.78. The smallest absolute Gasteiger partial charge is 0.0991 e. The van der Waals surface area contributed by atoms with Crippen molar-refractivity contribution >= 4 is 0 Å². The Kier molecular flexibility index (Phi) is 5.02. The van der Waals surface area contributed by atoms with Crippen LogP contribution in [-0.2, 0) is 0 Å². The van der Waals surface area contributed by atoms with Crippen molar-refractivity contribution in [2.45, 2.75) is 58.3 Å². The lowest BCUT2D eigenvalue weighted by molar-refractivity contribution is 0.221. The van der Waals surface area contributed by atoms with Crippen LogP contribution in [0.15, 0.2) is 24.3 Å². The SMILES string of the molecule is CCC(CC)C1CCC(c2ccc(C#N)cc2)CC1. The molecule has 1 nitrogen and oxygen atoms in total. The zero-order valence-corrected chi connectivity index (χ0v) is 12.2. The first-order chi connectivity index (χ1) is 9.28. The second-order valence-electron chi connectivity index (χ2n) is 5.92. The van der Waals surface area contributed by atoms with Crippen LogP contribution in [0.25, 0.3) is 0 Å². The third-order valence-electron chi connectivity index (χ3n) is 5.00. The van der Waals surface area contributed by atoms with Gasteiger partial charge in [0.05, 0.1) is 11.6 Å². The maximum atomic E-state index is 8.84. The van der Waals surface area contributed by atoms with E-state index < -0.39 is 0 Å². The molecule has 0 aromatic heterocycles. The molecule has 1 aromatic rings. The zero-order valence-electron chi connectivity index (χ0n) is 12.2. The predicted molar refractivity (Wildman–Crippen MR) is 79.9 cm³/mol. The van der Waals surface area contributed by atoms with Crippen LogP contribution in [-0.4, -0.2) is 0 Å². The van der Waals surface area contributed by atoms with E-state index in [-0.39, 0.29) is 0 Å². The van der Waals surface area contributed by atoms with Crippen LogP contribution < -0.4 is 0 Å². The van der Waals surface area contributed by atoms with Gasteiger partial charge in [0.15, 0.2) is 0 Å². The van der Waals surface area contributed by atoms with Gasteiger partial charge in [-0.05, 0) is 61.1 Å². The molecule has 102 valence electrons. The van der Waals surface area contributed by atoms with E-state index in [0.717, 1.165) is 23.3 Å². The average Bonchev–Trinajstić information content (AvgIpc) is 2.49. The maximum Gasteiger partial charge on any atom is 0.0991 e. The summed E-state index contributed by atoms with van der Waals surface area (Å²) in [6.45, 7) is 4.67. The van der Waals surface area contributed by atoms with Crippen molar-refractivity contribution in [3.8, 4) is 6.07 Å². The van der Waals surface area contributed by atoms with Gasteiger partial charge in [-0.2, -0.15) is 5.26 Å². The minimum Gasteiger partial charge on any atom is -0.192 e. The largest absolute Gasteiger partial charge is 0.192 e. The van der Waals surface area contributed by atoms with Crippen molar-refractivity contribution in [2.24, 2.45) is 11.8 Å². The Balaban J connectivity index is 1.94. The van der Waals surface area contributed by atoms with Gasteiger partial charge in [-0.1, -0.05) is 38.8 Å². The van der Waals surface area contributed by atoms with Crippen molar-refractivity contribution in [2.75, 3.05) is 0 Å². The zero-order chi connectivity index (χ0) is 13.7. The summed E-state index contributed by atoms with van der Waals surface area (Å²) in [5.41, 5.74) is 2.21. The molecule has 0 amide bonds. The van der Waals surface area contributed by atoms with Crippen molar-refractivity contribution in [3.05, 3.63) is 35.4 Å². The molecule has 0 bridgehead atoms. The summed E-state index contributed by atoms with van der Waals surface area (Å²) in [5, 5.41) is 8.84. The van der Waals surface area contributed by atoms with E-state index in [0.29, 0.717) is 0 Å². The standard InChI is InChI=1S/C18H25N/c1-3-15(4-2)16-9-11-18(12-10-16)17-7-5-14(13-19)6-8-17/h5-8,15-16,18H,3-4,9-12H2,1-2H3. The lowest BCUT2D eigenvalue weighted by Gasteiger charge is -2.33. The Morgan fingerprint density at radius 1 is 1.05 bits per heavy atom. The third-order valence-corrected chi connectivity index (χ3v) is 5.00. The molecule has 0 radical (unpaired) electrons. The predicted octanol–water partition coefficient (Wildman–Crippen LogP) is 5.27. The van der Waals surface area contributed by atoms with Gasteiger partial charge in [-0.25, -0.2) is 0 Å². The van der Waals surface area contributed by atoms with Gasteiger partial charge in [-0.3, -0.25) is 0 Å². The lowest BCUT2D eigenvalue weighted by Crippen LogP contribution is -2.20. The molecule has 2 rings (SSSR count). The van der Waals surface area contributed by atoms with Gasteiger partial charge in [0, 0.05) is 0 Å². The number of nitrogens with zero attached hydrogens (tertiary/aromatic N) is 1. The molecule has 0 N–H and O–H groups in total. The Labute approximate surface area is 117 Å². The lowest BCUT2D eigenvalue weighted by atomic mass is 9.72. The van der Waals surface area contributed by atoms with Gasteiger partial charge < -0.3 is 0 Å². The number of rotatable bonds is 4. The second kappa shape index (κ2) is 6.75. The van der Waals surface area contributed by atoms with Gasteiger partial charge >= 0.3 is 0 Å². The number of hydrogen-bond donors (Lipinski definition) is 0. The Hall–Kier alpha value is -1.29. The van der Waals surface area contributed by atoms with Crippen molar-refractivity contribution in [1.82, 2.24) is 0 Å². The highest BCUT2D eigenvalue weighted by Gasteiger charge is 2.26. The highest BCUT2D eigenvalue weighted by atomic mass is 14.3. The fourth-order valence-corrected chi connectivity index (χ4v) is 3.71. The minimum atomic E-state index is 0.721. The molecule has 0 heterocycles. The first kappa shape index (κ1) is 14.1. The Bertz CT molecular complexity index is 414. The molecule has 0 unspecified atom stereocenters. The van der Waals surface area contributed by atoms with Gasteiger partial charge in [-0.15, -0.1) is 0 Å². The summed E-state index contributed by atoms with van der Waals surface area (Å²) in [4.78, 5) is 0. The molecule has 0 saturated heterocycles. The van der Waals surface area contributed by atoms with E-state index in [2.05, 4.69) is 32.0 Å². The normalized spacial score (nSPS) is 23.3. The fourth-order valence-electron chi connectivity index (χ4n) is 3.71. The molecule has 1 aromatic carbocycles. The van der Waals surface area contributed by atoms with Gasteiger partial charge in [0.2, 0.25) is 0 Å². The Morgan fingerprint density at radius 2 is 1.63 bits per heavy atom. The molecule has 0 aliphatic heterocycles. The van der Waals surface area contributed by atoms with Crippen LogP contribution >= 0.6 is 0 Å². The van der Waals surface area contributed by atoms with Crippen LogP contribution in [0, 0.1) is 23.2 Å². The van der Waals surface area contributed by atoms with Crippen molar-refractivity contribution in [3.63, 3.8) is 0 Å². The van der Waals surface area contributed by atoms with Gasteiger partial charge in [0.25, 0.3) is 0 Å². The van der Waals surface area contributed by atoms with E-state index in [1.807, 2.05) is 12.1 Å². The molecule has 19 heavy (non-hydrogen) atoms. The summed E-state index contributed by atoms with van der Waals surface area (Å²) in [5.74, 6) is 2.60. The van der Waals surface area contributed by atoms with Gasteiger partial charge in [0.1, 0.15) is 0 Å². The molecular formula is C18H25N. The van der Waals surface area contributed by atoms with E-state index in [1.165, 1.54) is 44.1 Å². The second-order valence-corrected chi connectivity index (χ2v) is 5.92. The molecule has 1 aliphatic carbocycles. The highest BCUT2D eigenvalue weighted by molar-refractivity contribution is 5.33. The summed E-state index contributed by atoms with van der Waals surface area (Å²) >= 11 is 0. The van der Waals surface area contributed by atoms with Crippen LogP contribution in [0.4, 0.5) is 0 Å². The fraction of sp³-hybridized carbons (Fsp3) is 0.611. The van der Waals surface area contributed by atoms with Crippen LogP contribution in [0.5, 0.6) is 0 Å². The molecule has 0 spiro atoms. The van der Waals surface area contributed by atoms with Crippen LogP contribution in [0.2, 0.25) is 0 Å². The van der Waals surface area contributed by atoms with E-state index in [9.17, 15) is 0 Å². The third kappa shape index (κ3) is 3.38. The molecule has 1 fully saturated rings. The molecule has 0 atom stereocenters. The first-order valence-corrected chi connectivity index (χ1v) is 7.78. The summed E-state index contributed by atoms with van der Waals surface area (Å²) < 4.78 is 0. The number of hydrogen-bond acceptors (Lipinski definition) is 1. The highest BCUT2D eigenvalue weighted by Crippen LogP contribution is 2.40. The summed E-state index contributed by atoms with van der Waals surface area (Å²) in [6, 6.07) is 10.4. The molecule has 1 aliphatic rings. The molecular weight excluding hydrogens is 230 g/mol.